The second-order valence-electron chi connectivity index (χ2n) is 7.35. The number of carbonyl (C=O) groups is 1. The molecule has 0 aromatic rings. The van der Waals surface area contributed by atoms with Crippen LogP contribution in [0.1, 0.15) is 58.8 Å². The van der Waals surface area contributed by atoms with E-state index < -0.39 is 5.97 Å². The smallest absolute Gasteiger partial charge is 0.307 e. The Morgan fingerprint density at radius 2 is 1.67 bits per heavy atom. The van der Waals surface area contributed by atoms with Crippen molar-refractivity contribution in [3.63, 3.8) is 0 Å². The van der Waals surface area contributed by atoms with E-state index in [1.54, 1.807) is 0 Å². The summed E-state index contributed by atoms with van der Waals surface area (Å²) >= 11 is 0. The Morgan fingerprint density at radius 3 is 2.06 bits per heavy atom. The van der Waals surface area contributed by atoms with Gasteiger partial charge in [0, 0.05) is 0 Å². The van der Waals surface area contributed by atoms with Crippen LogP contribution in [0, 0.1) is 35.0 Å². The van der Waals surface area contributed by atoms with Crippen molar-refractivity contribution in [1.82, 2.24) is 0 Å². The molecule has 4 rings (SSSR count). The van der Waals surface area contributed by atoms with Gasteiger partial charge in [-0.3, -0.25) is 4.79 Å². The van der Waals surface area contributed by atoms with Crippen molar-refractivity contribution in [3.8, 4) is 0 Å². The summed E-state index contributed by atoms with van der Waals surface area (Å²) in [5.74, 6) is 2.61. The lowest BCUT2D eigenvalue weighted by atomic mass is 9.42. The topological polar surface area (TPSA) is 37.3 Å². The average Bonchev–Trinajstić information content (AvgIpc) is 2.31. The Bertz CT molecular complexity index is 319. The predicted molar refractivity (Wildman–Crippen MR) is 71.2 cm³/mol. The highest BCUT2D eigenvalue weighted by Crippen LogP contribution is 2.65. The molecule has 0 aromatic heterocycles. The van der Waals surface area contributed by atoms with Gasteiger partial charge >= 0.3 is 5.97 Å². The maximum atomic E-state index is 11.7. The molecule has 18 heavy (non-hydrogen) atoms. The first kappa shape index (κ1) is 12.5. The summed E-state index contributed by atoms with van der Waals surface area (Å²) in [7, 11) is 0. The summed E-state index contributed by atoms with van der Waals surface area (Å²) in [4.78, 5) is 11.7. The first-order chi connectivity index (χ1) is 8.55. The zero-order chi connectivity index (χ0) is 12.9. The number of aliphatic carboxylic acids is 1. The average molecular weight is 250 g/mol. The van der Waals surface area contributed by atoms with E-state index in [2.05, 4.69) is 13.8 Å². The maximum absolute atomic E-state index is 11.7. The third kappa shape index (κ3) is 1.64. The molecule has 4 saturated carbocycles. The quantitative estimate of drug-likeness (QED) is 0.820. The van der Waals surface area contributed by atoms with Gasteiger partial charge in [-0.2, -0.15) is 0 Å². The van der Waals surface area contributed by atoms with Gasteiger partial charge in [-0.25, -0.2) is 0 Å². The SMILES string of the molecule is CCCC(C(=O)O)C1(C)C2CC3CC(C2)CC1C3. The fourth-order valence-electron chi connectivity index (χ4n) is 5.76. The molecule has 4 aliphatic rings. The van der Waals surface area contributed by atoms with Gasteiger partial charge in [0.2, 0.25) is 0 Å². The Hall–Kier alpha value is -0.530. The normalized spacial score (nSPS) is 47.2. The predicted octanol–water partition coefficient (Wildman–Crippen LogP) is 3.95. The maximum Gasteiger partial charge on any atom is 0.307 e. The third-order valence-electron chi connectivity index (χ3n) is 6.52. The molecule has 4 fully saturated rings. The van der Waals surface area contributed by atoms with Crippen molar-refractivity contribution in [3.05, 3.63) is 0 Å². The van der Waals surface area contributed by atoms with E-state index in [4.69, 9.17) is 0 Å². The first-order valence-electron chi connectivity index (χ1n) is 7.78. The van der Waals surface area contributed by atoms with Crippen LogP contribution in [-0.4, -0.2) is 11.1 Å². The molecule has 102 valence electrons. The van der Waals surface area contributed by atoms with Crippen molar-refractivity contribution < 1.29 is 9.90 Å². The van der Waals surface area contributed by atoms with Gasteiger partial charge < -0.3 is 5.11 Å². The summed E-state index contributed by atoms with van der Waals surface area (Å²) < 4.78 is 0. The second-order valence-corrected chi connectivity index (χ2v) is 7.35. The van der Waals surface area contributed by atoms with Gasteiger partial charge in [-0.15, -0.1) is 0 Å². The summed E-state index contributed by atoms with van der Waals surface area (Å²) in [6.07, 6.45) is 8.57. The van der Waals surface area contributed by atoms with Gasteiger partial charge in [-0.1, -0.05) is 20.3 Å². The molecule has 4 bridgehead atoms. The van der Waals surface area contributed by atoms with Crippen LogP contribution in [0.15, 0.2) is 0 Å². The van der Waals surface area contributed by atoms with Crippen LogP contribution in [0.2, 0.25) is 0 Å². The molecule has 0 aromatic carbocycles. The Balaban J connectivity index is 1.90. The van der Waals surface area contributed by atoms with Crippen LogP contribution in [-0.2, 0) is 4.79 Å². The number of carboxylic acids is 1. The minimum Gasteiger partial charge on any atom is -0.481 e. The van der Waals surface area contributed by atoms with Crippen LogP contribution in [0.25, 0.3) is 0 Å². The lowest BCUT2D eigenvalue weighted by Gasteiger charge is -2.62. The van der Waals surface area contributed by atoms with Crippen LogP contribution >= 0.6 is 0 Å². The van der Waals surface area contributed by atoms with E-state index in [0.717, 1.165) is 24.7 Å². The molecule has 1 atom stereocenters. The summed E-state index contributed by atoms with van der Waals surface area (Å²) in [5.41, 5.74) is 0.0925. The highest BCUT2D eigenvalue weighted by Gasteiger charge is 2.58. The van der Waals surface area contributed by atoms with Gasteiger partial charge in [0.25, 0.3) is 0 Å². The lowest BCUT2D eigenvalue weighted by Crippen LogP contribution is -2.56. The molecule has 1 unspecified atom stereocenters. The number of carboxylic acid groups (broad SMARTS) is 1. The minimum absolute atomic E-state index is 0.0925. The van der Waals surface area contributed by atoms with Gasteiger partial charge in [0.1, 0.15) is 0 Å². The fourth-order valence-corrected chi connectivity index (χ4v) is 5.76. The minimum atomic E-state index is -0.535. The third-order valence-corrected chi connectivity index (χ3v) is 6.52. The van der Waals surface area contributed by atoms with Crippen LogP contribution in [0.4, 0.5) is 0 Å². The molecule has 1 N–H and O–H groups in total. The highest BCUT2D eigenvalue weighted by molar-refractivity contribution is 5.71. The Morgan fingerprint density at radius 1 is 1.17 bits per heavy atom. The molecule has 0 radical (unpaired) electrons. The number of hydrogen-bond donors (Lipinski definition) is 1. The van der Waals surface area contributed by atoms with Crippen LogP contribution < -0.4 is 0 Å². The highest BCUT2D eigenvalue weighted by atomic mass is 16.4. The van der Waals surface area contributed by atoms with E-state index in [-0.39, 0.29) is 11.3 Å². The standard InChI is InChI=1S/C16H26O2/c1-3-4-14(15(17)18)16(2)12-6-10-5-11(8-12)9-13(16)7-10/h10-14H,3-9H2,1-2H3,(H,17,18). The zero-order valence-electron chi connectivity index (χ0n) is 11.7. The monoisotopic (exact) mass is 250 g/mol. The number of hydrogen-bond acceptors (Lipinski definition) is 1. The zero-order valence-corrected chi connectivity index (χ0v) is 11.7. The summed E-state index contributed by atoms with van der Waals surface area (Å²) in [5, 5.41) is 9.65. The van der Waals surface area contributed by atoms with E-state index >= 15 is 0 Å². The van der Waals surface area contributed by atoms with Crippen molar-refractivity contribution >= 4 is 5.97 Å². The largest absolute Gasteiger partial charge is 0.481 e. The molecule has 0 aliphatic heterocycles. The van der Waals surface area contributed by atoms with Crippen LogP contribution in [0.3, 0.4) is 0 Å². The molecule has 0 spiro atoms. The summed E-state index contributed by atoms with van der Waals surface area (Å²) in [6, 6.07) is 0. The molecule has 4 aliphatic carbocycles. The van der Waals surface area contributed by atoms with Crippen molar-refractivity contribution in [2.75, 3.05) is 0 Å². The first-order valence-corrected chi connectivity index (χ1v) is 7.78. The van der Waals surface area contributed by atoms with Crippen molar-refractivity contribution in [2.45, 2.75) is 58.8 Å². The molecular weight excluding hydrogens is 224 g/mol. The van der Waals surface area contributed by atoms with E-state index in [1.807, 2.05) is 0 Å². The summed E-state index contributed by atoms with van der Waals surface area (Å²) in [6.45, 7) is 4.43. The molecule has 0 saturated heterocycles. The lowest BCUT2D eigenvalue weighted by molar-refractivity contribution is -0.169. The van der Waals surface area contributed by atoms with Gasteiger partial charge in [-0.05, 0) is 67.6 Å². The van der Waals surface area contributed by atoms with E-state index in [1.165, 1.54) is 32.1 Å². The number of rotatable bonds is 4. The van der Waals surface area contributed by atoms with Crippen molar-refractivity contribution in [2.24, 2.45) is 35.0 Å². The Kier molecular flexibility index (Phi) is 2.95. The molecule has 0 heterocycles. The fraction of sp³-hybridized carbons (Fsp3) is 0.938. The second kappa shape index (κ2) is 4.25. The van der Waals surface area contributed by atoms with E-state index in [9.17, 15) is 9.90 Å². The molecule has 2 heteroatoms. The molecule has 0 amide bonds. The molecular formula is C16H26O2. The van der Waals surface area contributed by atoms with Gasteiger partial charge in [0.15, 0.2) is 0 Å². The van der Waals surface area contributed by atoms with Gasteiger partial charge in [0.05, 0.1) is 5.92 Å². The van der Waals surface area contributed by atoms with Crippen molar-refractivity contribution in [1.29, 1.82) is 0 Å². The molecule has 2 nitrogen and oxygen atoms in total. The van der Waals surface area contributed by atoms with Crippen LogP contribution in [0.5, 0.6) is 0 Å². The Labute approximate surface area is 110 Å². The van der Waals surface area contributed by atoms with E-state index in [0.29, 0.717) is 11.8 Å².